The van der Waals surface area contributed by atoms with Crippen molar-refractivity contribution < 1.29 is 0 Å². The quantitative estimate of drug-likeness (QED) is 0.847. The molecule has 0 amide bonds. The van der Waals surface area contributed by atoms with E-state index in [2.05, 4.69) is 10.4 Å². The highest BCUT2D eigenvalue weighted by atomic mass is 35.5. The minimum absolute atomic E-state index is 0.0357. The summed E-state index contributed by atoms with van der Waals surface area (Å²) in [6.07, 6.45) is 1.53. The summed E-state index contributed by atoms with van der Waals surface area (Å²) in [7, 11) is 0. The smallest absolute Gasteiger partial charge is 0.287 e. The van der Waals surface area contributed by atoms with Gasteiger partial charge in [-0.15, -0.1) is 0 Å². The van der Waals surface area contributed by atoms with Gasteiger partial charge in [0, 0.05) is 11.4 Å². The van der Waals surface area contributed by atoms with Gasteiger partial charge in [0.2, 0.25) is 0 Å². The van der Waals surface area contributed by atoms with Crippen molar-refractivity contribution in [2.45, 2.75) is 19.9 Å². The van der Waals surface area contributed by atoms with Crippen LogP contribution in [0.4, 0.5) is 17.1 Å². The Morgan fingerprint density at radius 2 is 2.16 bits per heavy atom. The Hall–Kier alpha value is -2.01. The van der Waals surface area contributed by atoms with Crippen LogP contribution in [-0.2, 0) is 0 Å². The molecule has 0 saturated heterocycles. The molecular formula is C13H15ClN4O. The van der Waals surface area contributed by atoms with E-state index in [0.29, 0.717) is 11.4 Å². The van der Waals surface area contributed by atoms with Crippen molar-refractivity contribution in [1.82, 2.24) is 9.78 Å². The van der Waals surface area contributed by atoms with Crippen molar-refractivity contribution in [2.75, 3.05) is 11.1 Å². The number of anilines is 3. The molecule has 1 aromatic carbocycles. The van der Waals surface area contributed by atoms with E-state index >= 15 is 0 Å². The summed E-state index contributed by atoms with van der Waals surface area (Å²) in [6.45, 7) is 3.74. The maximum absolute atomic E-state index is 12.0. The van der Waals surface area contributed by atoms with Crippen LogP contribution >= 0.6 is 11.6 Å². The molecule has 100 valence electrons. The van der Waals surface area contributed by atoms with Gasteiger partial charge in [-0.2, -0.15) is 5.10 Å². The highest BCUT2D eigenvalue weighted by molar-refractivity contribution is 6.33. The van der Waals surface area contributed by atoms with Crippen LogP contribution in [0.2, 0.25) is 5.02 Å². The van der Waals surface area contributed by atoms with Gasteiger partial charge in [0.05, 0.1) is 17.9 Å². The van der Waals surface area contributed by atoms with Crippen molar-refractivity contribution in [3.8, 4) is 0 Å². The Labute approximate surface area is 116 Å². The first-order valence-electron chi connectivity index (χ1n) is 5.89. The fourth-order valence-electron chi connectivity index (χ4n) is 1.67. The Morgan fingerprint density at radius 3 is 2.79 bits per heavy atom. The van der Waals surface area contributed by atoms with Crippen molar-refractivity contribution in [1.29, 1.82) is 0 Å². The van der Waals surface area contributed by atoms with Gasteiger partial charge in [0.15, 0.2) is 0 Å². The summed E-state index contributed by atoms with van der Waals surface area (Å²) in [4.78, 5) is 12.0. The largest absolute Gasteiger partial charge is 0.399 e. The zero-order chi connectivity index (χ0) is 14.0. The number of nitrogens with zero attached hydrogens (tertiary/aromatic N) is 2. The number of nitrogens with two attached hydrogens (primary N) is 1. The number of hydrogen-bond donors (Lipinski definition) is 2. The lowest BCUT2D eigenvalue weighted by molar-refractivity contribution is 0.503. The average molecular weight is 279 g/mol. The zero-order valence-electron chi connectivity index (χ0n) is 10.7. The highest BCUT2D eigenvalue weighted by Crippen LogP contribution is 2.22. The second-order valence-corrected chi connectivity index (χ2v) is 4.84. The fraction of sp³-hybridized carbons (Fsp3) is 0.231. The maximum atomic E-state index is 12.0. The molecule has 1 aromatic heterocycles. The van der Waals surface area contributed by atoms with Gasteiger partial charge < -0.3 is 11.1 Å². The first kappa shape index (κ1) is 13.4. The van der Waals surface area contributed by atoms with Crippen LogP contribution < -0.4 is 16.6 Å². The number of nitrogens with one attached hydrogen (secondary N) is 1. The summed E-state index contributed by atoms with van der Waals surface area (Å²) in [5, 5.41) is 7.23. The topological polar surface area (TPSA) is 72.9 Å². The number of benzene rings is 1. The third-order valence-electron chi connectivity index (χ3n) is 2.60. The maximum Gasteiger partial charge on any atom is 0.287 e. The van der Waals surface area contributed by atoms with E-state index < -0.39 is 0 Å². The summed E-state index contributed by atoms with van der Waals surface area (Å²) < 4.78 is 1.34. The average Bonchev–Trinajstić information content (AvgIpc) is 2.35. The van der Waals surface area contributed by atoms with E-state index in [1.165, 1.54) is 10.9 Å². The molecule has 5 nitrogen and oxygen atoms in total. The standard InChI is InChI=1S/C13H15ClN4O/c1-8(2)18-13(19)12(14)11(7-16-18)17-10-5-3-4-9(15)6-10/h3-8,17H,15H2,1-2H3. The van der Waals surface area contributed by atoms with Gasteiger partial charge in [-0.05, 0) is 32.0 Å². The first-order valence-corrected chi connectivity index (χ1v) is 6.26. The van der Waals surface area contributed by atoms with Gasteiger partial charge in [0.1, 0.15) is 5.02 Å². The fourth-order valence-corrected chi connectivity index (χ4v) is 1.85. The molecule has 0 aliphatic heterocycles. The van der Waals surface area contributed by atoms with Crippen LogP contribution in [0, 0.1) is 0 Å². The Bertz CT molecular complexity index is 651. The van der Waals surface area contributed by atoms with Gasteiger partial charge in [-0.25, -0.2) is 4.68 Å². The van der Waals surface area contributed by atoms with Gasteiger partial charge in [0.25, 0.3) is 5.56 Å². The number of nitrogen functional groups attached to an aromatic ring is 1. The Kier molecular flexibility index (Phi) is 3.76. The highest BCUT2D eigenvalue weighted by Gasteiger charge is 2.11. The second kappa shape index (κ2) is 5.32. The van der Waals surface area contributed by atoms with E-state index in [1.807, 2.05) is 26.0 Å². The van der Waals surface area contributed by atoms with Crippen LogP contribution in [0.3, 0.4) is 0 Å². The van der Waals surface area contributed by atoms with Crippen molar-refractivity contribution in [2.24, 2.45) is 0 Å². The minimum atomic E-state index is -0.314. The molecule has 3 N–H and O–H groups in total. The van der Waals surface area contributed by atoms with Crippen LogP contribution in [0.1, 0.15) is 19.9 Å². The van der Waals surface area contributed by atoms with Crippen LogP contribution in [-0.4, -0.2) is 9.78 Å². The van der Waals surface area contributed by atoms with Gasteiger partial charge >= 0.3 is 0 Å². The molecule has 2 rings (SSSR count). The summed E-state index contributed by atoms with van der Waals surface area (Å²) in [5.74, 6) is 0. The molecule has 19 heavy (non-hydrogen) atoms. The third kappa shape index (κ3) is 2.88. The first-order chi connectivity index (χ1) is 8.99. The molecule has 0 spiro atoms. The summed E-state index contributed by atoms with van der Waals surface area (Å²) in [6, 6.07) is 7.15. The summed E-state index contributed by atoms with van der Waals surface area (Å²) >= 11 is 6.07. The van der Waals surface area contributed by atoms with Gasteiger partial charge in [-0.1, -0.05) is 17.7 Å². The van der Waals surface area contributed by atoms with Gasteiger partial charge in [-0.3, -0.25) is 4.79 Å². The molecule has 0 fully saturated rings. The third-order valence-corrected chi connectivity index (χ3v) is 2.96. The lowest BCUT2D eigenvalue weighted by atomic mass is 10.3. The lowest BCUT2D eigenvalue weighted by Crippen LogP contribution is -2.25. The molecular weight excluding hydrogens is 264 g/mol. The zero-order valence-corrected chi connectivity index (χ0v) is 11.5. The van der Waals surface area contributed by atoms with Crippen LogP contribution in [0.5, 0.6) is 0 Å². The van der Waals surface area contributed by atoms with E-state index in [4.69, 9.17) is 17.3 Å². The minimum Gasteiger partial charge on any atom is -0.399 e. The van der Waals surface area contributed by atoms with Crippen molar-refractivity contribution >= 4 is 28.7 Å². The van der Waals surface area contributed by atoms with Crippen LogP contribution in [0.25, 0.3) is 0 Å². The predicted molar refractivity (Wildman–Crippen MR) is 78.0 cm³/mol. The Morgan fingerprint density at radius 1 is 1.42 bits per heavy atom. The SMILES string of the molecule is CC(C)n1ncc(Nc2cccc(N)c2)c(Cl)c1=O. The molecule has 0 bridgehead atoms. The molecule has 0 atom stereocenters. The van der Waals surface area contributed by atoms with E-state index in [0.717, 1.165) is 5.69 Å². The summed E-state index contributed by atoms with van der Waals surface area (Å²) in [5.41, 5.74) is 7.23. The van der Waals surface area contributed by atoms with E-state index in [-0.39, 0.29) is 16.6 Å². The van der Waals surface area contributed by atoms with Crippen molar-refractivity contribution in [3.05, 3.63) is 45.8 Å². The molecule has 2 aromatic rings. The molecule has 0 saturated carbocycles. The van der Waals surface area contributed by atoms with E-state index in [1.54, 1.807) is 12.1 Å². The molecule has 0 aliphatic carbocycles. The van der Waals surface area contributed by atoms with E-state index in [9.17, 15) is 4.79 Å². The van der Waals surface area contributed by atoms with Crippen molar-refractivity contribution in [3.63, 3.8) is 0 Å². The molecule has 1 heterocycles. The lowest BCUT2D eigenvalue weighted by Gasteiger charge is -2.12. The second-order valence-electron chi connectivity index (χ2n) is 4.47. The molecule has 0 unspecified atom stereocenters. The predicted octanol–water partition coefficient (Wildman–Crippen LogP) is 2.80. The molecule has 6 heteroatoms. The number of aromatic nitrogens is 2. The molecule has 0 radical (unpaired) electrons. The number of hydrogen-bond acceptors (Lipinski definition) is 4. The normalized spacial score (nSPS) is 10.7. The van der Waals surface area contributed by atoms with Crippen LogP contribution in [0.15, 0.2) is 35.3 Å². The number of halogens is 1. The Balaban J connectivity index is 2.37. The molecule has 0 aliphatic rings. The monoisotopic (exact) mass is 278 g/mol. The number of rotatable bonds is 3.